The van der Waals surface area contributed by atoms with Gasteiger partial charge in [-0.3, -0.25) is 10.1 Å². The van der Waals surface area contributed by atoms with Crippen molar-refractivity contribution >= 4 is 38.8 Å². The maximum atomic E-state index is 11.9. The van der Waals surface area contributed by atoms with E-state index in [9.17, 15) is 4.79 Å². The van der Waals surface area contributed by atoms with E-state index in [1.807, 2.05) is 31.4 Å². The summed E-state index contributed by atoms with van der Waals surface area (Å²) in [6, 6.07) is 7.34. The van der Waals surface area contributed by atoms with Crippen LogP contribution in [-0.4, -0.2) is 27.7 Å². The number of anilines is 2. The third-order valence-corrected chi connectivity index (χ3v) is 5.04. The van der Waals surface area contributed by atoms with E-state index < -0.39 is 0 Å². The van der Waals surface area contributed by atoms with Crippen LogP contribution in [0.3, 0.4) is 0 Å². The lowest BCUT2D eigenvalue weighted by Crippen LogP contribution is -2.20. The van der Waals surface area contributed by atoms with Gasteiger partial charge in [0.25, 0.3) is 5.91 Å². The van der Waals surface area contributed by atoms with Crippen LogP contribution < -0.4 is 15.8 Å². The van der Waals surface area contributed by atoms with Gasteiger partial charge in [-0.05, 0) is 24.3 Å². The minimum Gasteiger partial charge on any atom is -0.484 e. The number of nitrogen functional groups attached to an aromatic ring is 1. The van der Waals surface area contributed by atoms with E-state index in [1.165, 1.54) is 22.7 Å². The fourth-order valence-electron chi connectivity index (χ4n) is 1.96. The lowest BCUT2D eigenvalue weighted by Gasteiger charge is -2.06. The molecule has 0 atom stereocenters. The molecule has 0 saturated heterocycles. The van der Waals surface area contributed by atoms with Gasteiger partial charge >= 0.3 is 0 Å². The first-order chi connectivity index (χ1) is 12.0. The van der Waals surface area contributed by atoms with Crippen molar-refractivity contribution in [3.63, 3.8) is 0 Å². The fraction of sp³-hybridized carbons (Fsp3) is 0.250. The number of nitrogens with two attached hydrogens (primary N) is 1. The lowest BCUT2D eigenvalue weighted by molar-refractivity contribution is -0.118. The number of nitrogens with zero attached hydrogens (tertiary/aromatic N) is 3. The Morgan fingerprint density at radius 1 is 1.28 bits per heavy atom. The van der Waals surface area contributed by atoms with Gasteiger partial charge in [0.1, 0.15) is 10.8 Å². The second-order valence-corrected chi connectivity index (χ2v) is 7.43. The first-order valence-corrected chi connectivity index (χ1v) is 9.28. The second kappa shape index (κ2) is 7.58. The Morgan fingerprint density at radius 2 is 2.04 bits per heavy atom. The summed E-state index contributed by atoms with van der Waals surface area (Å²) in [7, 11) is 0. The molecule has 2 heterocycles. The van der Waals surface area contributed by atoms with Gasteiger partial charge in [0.2, 0.25) is 5.13 Å². The number of hydrogen-bond donors (Lipinski definition) is 2. The van der Waals surface area contributed by atoms with Gasteiger partial charge in [0, 0.05) is 16.9 Å². The van der Waals surface area contributed by atoms with Crippen LogP contribution in [-0.2, 0) is 4.79 Å². The van der Waals surface area contributed by atoms with E-state index >= 15 is 0 Å². The van der Waals surface area contributed by atoms with Crippen molar-refractivity contribution < 1.29 is 9.53 Å². The SMILES string of the molecule is CC(C)c1nnc(NC(=O)COc2ccc(-c3csc(N)n3)cc2)s1. The van der Waals surface area contributed by atoms with Gasteiger partial charge in [-0.25, -0.2) is 4.98 Å². The second-order valence-electron chi connectivity index (χ2n) is 5.53. The number of carbonyl (C=O) groups is 1. The molecule has 7 nitrogen and oxygen atoms in total. The van der Waals surface area contributed by atoms with Gasteiger partial charge in [-0.15, -0.1) is 21.5 Å². The molecule has 130 valence electrons. The standard InChI is InChI=1S/C16H17N5O2S2/c1-9(2)14-20-21-16(25-14)19-13(22)7-23-11-5-3-10(4-6-11)12-8-24-15(17)18-12/h3-6,8-9H,7H2,1-2H3,(H2,17,18)(H,19,21,22). The van der Waals surface area contributed by atoms with Crippen LogP contribution in [0.2, 0.25) is 0 Å². The molecule has 25 heavy (non-hydrogen) atoms. The summed E-state index contributed by atoms with van der Waals surface area (Å²) in [4.78, 5) is 16.2. The summed E-state index contributed by atoms with van der Waals surface area (Å²) in [6.07, 6.45) is 0. The summed E-state index contributed by atoms with van der Waals surface area (Å²) in [5, 5.41) is 14.4. The molecule has 0 saturated carbocycles. The van der Waals surface area contributed by atoms with Crippen LogP contribution in [0.25, 0.3) is 11.3 Å². The molecule has 0 radical (unpaired) electrons. The zero-order chi connectivity index (χ0) is 17.8. The first kappa shape index (κ1) is 17.3. The zero-order valence-corrected chi connectivity index (χ0v) is 15.4. The molecule has 0 spiro atoms. The predicted octanol–water partition coefficient (Wildman–Crippen LogP) is 3.38. The molecule has 1 aromatic carbocycles. The van der Waals surface area contributed by atoms with Gasteiger partial charge in [0.05, 0.1) is 5.69 Å². The lowest BCUT2D eigenvalue weighted by atomic mass is 10.2. The van der Waals surface area contributed by atoms with E-state index in [4.69, 9.17) is 10.5 Å². The van der Waals surface area contributed by atoms with Crippen LogP contribution in [0.5, 0.6) is 5.75 Å². The molecule has 0 unspecified atom stereocenters. The van der Waals surface area contributed by atoms with Crippen molar-refractivity contribution in [2.24, 2.45) is 0 Å². The first-order valence-electron chi connectivity index (χ1n) is 7.59. The normalized spacial score (nSPS) is 10.8. The van der Waals surface area contributed by atoms with Crippen molar-refractivity contribution in [2.45, 2.75) is 19.8 Å². The van der Waals surface area contributed by atoms with E-state index in [-0.39, 0.29) is 18.4 Å². The van der Waals surface area contributed by atoms with Crippen LogP contribution in [0.4, 0.5) is 10.3 Å². The van der Waals surface area contributed by atoms with E-state index in [0.29, 0.717) is 16.0 Å². The molecular weight excluding hydrogens is 358 g/mol. The minimum absolute atomic E-state index is 0.0976. The largest absolute Gasteiger partial charge is 0.484 e. The number of thiazole rings is 1. The fourth-order valence-corrected chi connectivity index (χ4v) is 3.30. The Kier molecular flexibility index (Phi) is 5.25. The van der Waals surface area contributed by atoms with Crippen molar-refractivity contribution in [3.8, 4) is 17.0 Å². The van der Waals surface area contributed by atoms with Gasteiger partial charge in [0.15, 0.2) is 11.7 Å². The zero-order valence-electron chi connectivity index (χ0n) is 13.7. The van der Waals surface area contributed by atoms with Crippen molar-refractivity contribution in [2.75, 3.05) is 17.7 Å². The number of nitrogens with one attached hydrogen (secondary N) is 1. The average Bonchev–Trinajstić information content (AvgIpc) is 3.23. The quantitative estimate of drug-likeness (QED) is 0.684. The molecule has 9 heteroatoms. The highest BCUT2D eigenvalue weighted by atomic mass is 32.1. The Balaban J connectivity index is 1.53. The molecule has 0 bridgehead atoms. The van der Waals surface area contributed by atoms with Crippen LogP contribution >= 0.6 is 22.7 Å². The summed E-state index contributed by atoms with van der Waals surface area (Å²) in [5.41, 5.74) is 7.41. The molecule has 3 N–H and O–H groups in total. The number of carbonyl (C=O) groups excluding carboxylic acids is 1. The minimum atomic E-state index is -0.275. The maximum Gasteiger partial charge on any atom is 0.264 e. The molecule has 0 aliphatic rings. The number of aromatic nitrogens is 3. The molecule has 0 aliphatic carbocycles. The summed E-state index contributed by atoms with van der Waals surface area (Å²) < 4.78 is 5.49. The molecule has 2 aromatic heterocycles. The number of ether oxygens (including phenoxy) is 1. The molecule has 3 rings (SSSR count). The molecule has 0 fully saturated rings. The number of rotatable bonds is 6. The van der Waals surface area contributed by atoms with Gasteiger partial charge < -0.3 is 10.5 Å². The number of amides is 1. The Labute approximate surface area is 152 Å². The van der Waals surface area contributed by atoms with Crippen LogP contribution in [0.1, 0.15) is 24.8 Å². The predicted molar refractivity (Wildman–Crippen MR) is 100 cm³/mol. The average molecular weight is 375 g/mol. The molecule has 3 aromatic rings. The third kappa shape index (κ3) is 4.52. The third-order valence-electron chi connectivity index (χ3n) is 3.22. The summed E-state index contributed by atoms with van der Waals surface area (Å²) >= 11 is 2.76. The summed E-state index contributed by atoms with van der Waals surface area (Å²) in [6.45, 7) is 3.96. The van der Waals surface area contributed by atoms with Gasteiger partial charge in [-0.2, -0.15) is 0 Å². The number of benzene rings is 1. The molecule has 0 aliphatic heterocycles. The Hall–Kier alpha value is -2.52. The highest BCUT2D eigenvalue weighted by Crippen LogP contribution is 2.25. The molecular formula is C16H17N5O2S2. The highest BCUT2D eigenvalue weighted by Gasteiger charge is 2.11. The highest BCUT2D eigenvalue weighted by molar-refractivity contribution is 7.15. The smallest absolute Gasteiger partial charge is 0.264 e. The van der Waals surface area contributed by atoms with Crippen LogP contribution in [0, 0.1) is 0 Å². The van der Waals surface area contributed by atoms with Crippen LogP contribution in [0.15, 0.2) is 29.6 Å². The Morgan fingerprint density at radius 3 is 2.64 bits per heavy atom. The van der Waals surface area contributed by atoms with E-state index in [2.05, 4.69) is 20.5 Å². The van der Waals surface area contributed by atoms with Crippen molar-refractivity contribution in [1.29, 1.82) is 0 Å². The summed E-state index contributed by atoms with van der Waals surface area (Å²) in [5.74, 6) is 0.607. The van der Waals surface area contributed by atoms with Gasteiger partial charge in [-0.1, -0.05) is 25.2 Å². The van der Waals surface area contributed by atoms with E-state index in [0.717, 1.165) is 16.3 Å². The molecule has 1 amide bonds. The maximum absolute atomic E-state index is 11.9. The Bertz CT molecular complexity index is 858. The topological polar surface area (TPSA) is 103 Å². The monoisotopic (exact) mass is 375 g/mol. The van der Waals surface area contributed by atoms with Crippen molar-refractivity contribution in [1.82, 2.24) is 15.2 Å². The number of hydrogen-bond acceptors (Lipinski definition) is 8. The van der Waals surface area contributed by atoms with Crippen molar-refractivity contribution in [3.05, 3.63) is 34.7 Å². The van der Waals surface area contributed by atoms with E-state index in [1.54, 1.807) is 12.1 Å².